The molecule has 0 spiro atoms. The molecule has 0 bridgehead atoms. The molecule has 0 aliphatic carbocycles. The molecular formula is C18H22N4O3. The number of ether oxygens (including phenoxy) is 1. The lowest BCUT2D eigenvalue weighted by Gasteiger charge is -2.27. The van der Waals surface area contributed by atoms with Gasteiger partial charge < -0.3 is 15.0 Å². The van der Waals surface area contributed by atoms with Crippen LogP contribution >= 0.6 is 0 Å². The largest absolute Gasteiger partial charge is 0.378 e. The maximum Gasteiger partial charge on any atom is 0.276 e. The Morgan fingerprint density at radius 2 is 2.00 bits per heavy atom. The van der Waals surface area contributed by atoms with Gasteiger partial charge in [0.25, 0.3) is 11.8 Å². The Kier molecular flexibility index (Phi) is 5.14. The number of hydrogen-bond acceptors (Lipinski definition) is 4. The van der Waals surface area contributed by atoms with E-state index in [1.54, 1.807) is 34.0 Å². The number of carbonyl (C=O) groups is 2. The highest BCUT2D eigenvalue weighted by Gasteiger charge is 2.20. The molecule has 1 fully saturated rings. The lowest BCUT2D eigenvalue weighted by atomic mass is 10.1. The first-order chi connectivity index (χ1) is 12.1. The lowest BCUT2D eigenvalue weighted by molar-refractivity contribution is 0.0303. The van der Waals surface area contributed by atoms with Crippen LogP contribution in [0.25, 0.3) is 0 Å². The first kappa shape index (κ1) is 17.2. The van der Waals surface area contributed by atoms with Crippen molar-refractivity contribution in [3.63, 3.8) is 0 Å². The van der Waals surface area contributed by atoms with E-state index in [0.29, 0.717) is 49.8 Å². The smallest absolute Gasteiger partial charge is 0.276 e. The maximum atomic E-state index is 12.6. The van der Waals surface area contributed by atoms with E-state index in [1.807, 2.05) is 19.9 Å². The van der Waals surface area contributed by atoms with Crippen LogP contribution in [0.3, 0.4) is 0 Å². The third-order valence-corrected chi connectivity index (χ3v) is 4.23. The average molecular weight is 342 g/mol. The molecule has 25 heavy (non-hydrogen) atoms. The number of morpholine rings is 1. The van der Waals surface area contributed by atoms with E-state index in [-0.39, 0.29) is 11.8 Å². The van der Waals surface area contributed by atoms with Gasteiger partial charge in [0.05, 0.1) is 13.2 Å². The number of anilines is 1. The highest BCUT2D eigenvalue weighted by atomic mass is 16.5. The molecule has 0 radical (unpaired) electrons. The number of carbonyl (C=O) groups excluding carboxylic acids is 2. The molecule has 1 aromatic heterocycles. The second kappa shape index (κ2) is 7.48. The minimum atomic E-state index is -0.286. The van der Waals surface area contributed by atoms with Crippen LogP contribution in [0, 0.1) is 6.92 Å². The van der Waals surface area contributed by atoms with E-state index in [1.165, 1.54) is 0 Å². The number of benzene rings is 1. The summed E-state index contributed by atoms with van der Waals surface area (Å²) in [5.41, 5.74) is 2.42. The van der Waals surface area contributed by atoms with E-state index < -0.39 is 0 Å². The molecule has 132 valence electrons. The van der Waals surface area contributed by atoms with Gasteiger partial charge in [-0.3, -0.25) is 14.3 Å². The molecule has 1 N–H and O–H groups in total. The molecule has 7 heteroatoms. The predicted octanol–water partition coefficient (Wildman–Crippen LogP) is 1.94. The van der Waals surface area contributed by atoms with Gasteiger partial charge in [-0.1, -0.05) is 6.07 Å². The summed E-state index contributed by atoms with van der Waals surface area (Å²) in [6.07, 6.45) is 1.76. The van der Waals surface area contributed by atoms with Crippen molar-refractivity contribution < 1.29 is 14.3 Å². The average Bonchev–Trinajstić information content (AvgIpc) is 3.13. The van der Waals surface area contributed by atoms with Gasteiger partial charge in [0.1, 0.15) is 0 Å². The van der Waals surface area contributed by atoms with Crippen LogP contribution in [-0.4, -0.2) is 52.8 Å². The molecule has 1 aliphatic heterocycles. The second-order valence-corrected chi connectivity index (χ2v) is 5.95. The van der Waals surface area contributed by atoms with E-state index in [2.05, 4.69) is 10.4 Å². The van der Waals surface area contributed by atoms with Crippen molar-refractivity contribution in [1.29, 1.82) is 0 Å². The Labute approximate surface area is 146 Å². The number of aryl methyl sites for hydroxylation is 2. The molecule has 7 nitrogen and oxygen atoms in total. The number of aromatic nitrogens is 2. The molecule has 1 aliphatic rings. The third-order valence-electron chi connectivity index (χ3n) is 4.23. The fraction of sp³-hybridized carbons (Fsp3) is 0.389. The van der Waals surface area contributed by atoms with Crippen LogP contribution in [0.2, 0.25) is 0 Å². The summed E-state index contributed by atoms with van der Waals surface area (Å²) in [5.74, 6) is -0.333. The van der Waals surface area contributed by atoms with Gasteiger partial charge in [-0.05, 0) is 37.6 Å². The normalized spacial score (nSPS) is 14.4. The number of rotatable bonds is 4. The molecule has 2 aromatic rings. The standard InChI is InChI=1S/C18H22N4O3/c1-3-22-7-6-15(20-22)17(23)19-16-12-14(5-4-13(16)2)18(24)21-8-10-25-11-9-21/h4-7,12H,3,8-11H2,1-2H3,(H,19,23). The van der Waals surface area contributed by atoms with Gasteiger partial charge in [0.15, 0.2) is 5.69 Å². The summed E-state index contributed by atoms with van der Waals surface area (Å²) in [4.78, 5) is 26.7. The topological polar surface area (TPSA) is 76.5 Å². The molecule has 2 amide bonds. The van der Waals surface area contributed by atoms with E-state index in [4.69, 9.17) is 4.74 Å². The highest BCUT2D eigenvalue weighted by Crippen LogP contribution is 2.19. The summed E-state index contributed by atoms with van der Waals surface area (Å²) in [6, 6.07) is 7.03. The molecule has 3 rings (SSSR count). The molecule has 0 saturated carbocycles. The SMILES string of the molecule is CCn1ccc(C(=O)Nc2cc(C(=O)N3CCOCC3)ccc2C)n1. The van der Waals surface area contributed by atoms with Crippen molar-refractivity contribution in [2.45, 2.75) is 20.4 Å². The number of hydrogen-bond donors (Lipinski definition) is 1. The molecule has 1 saturated heterocycles. The van der Waals surface area contributed by atoms with Gasteiger partial charge in [-0.15, -0.1) is 0 Å². The maximum absolute atomic E-state index is 12.6. The van der Waals surface area contributed by atoms with Crippen molar-refractivity contribution in [2.75, 3.05) is 31.6 Å². The summed E-state index contributed by atoms with van der Waals surface area (Å²) >= 11 is 0. The van der Waals surface area contributed by atoms with Crippen molar-refractivity contribution in [1.82, 2.24) is 14.7 Å². The van der Waals surface area contributed by atoms with Crippen LogP contribution in [0.5, 0.6) is 0 Å². The molecule has 0 atom stereocenters. The van der Waals surface area contributed by atoms with Gasteiger partial charge in [-0.2, -0.15) is 5.10 Å². The zero-order valence-corrected chi connectivity index (χ0v) is 14.5. The Hall–Kier alpha value is -2.67. The minimum Gasteiger partial charge on any atom is -0.378 e. The monoisotopic (exact) mass is 342 g/mol. The van der Waals surface area contributed by atoms with Crippen LogP contribution in [-0.2, 0) is 11.3 Å². The van der Waals surface area contributed by atoms with Crippen LogP contribution < -0.4 is 5.32 Å². The van der Waals surface area contributed by atoms with Gasteiger partial charge >= 0.3 is 0 Å². The van der Waals surface area contributed by atoms with E-state index in [9.17, 15) is 9.59 Å². The summed E-state index contributed by atoms with van der Waals surface area (Å²) < 4.78 is 6.98. The first-order valence-electron chi connectivity index (χ1n) is 8.41. The summed E-state index contributed by atoms with van der Waals surface area (Å²) in [7, 11) is 0. The quantitative estimate of drug-likeness (QED) is 0.921. The Morgan fingerprint density at radius 1 is 1.24 bits per heavy atom. The van der Waals surface area contributed by atoms with E-state index >= 15 is 0 Å². The zero-order valence-electron chi connectivity index (χ0n) is 14.5. The lowest BCUT2D eigenvalue weighted by Crippen LogP contribution is -2.40. The molecular weight excluding hydrogens is 320 g/mol. The Bertz CT molecular complexity index is 778. The fourth-order valence-corrected chi connectivity index (χ4v) is 2.68. The predicted molar refractivity (Wildman–Crippen MR) is 93.8 cm³/mol. The van der Waals surface area contributed by atoms with Gasteiger partial charge in [0, 0.05) is 37.1 Å². The van der Waals surface area contributed by atoms with Gasteiger partial charge in [0.2, 0.25) is 0 Å². The van der Waals surface area contributed by atoms with Crippen molar-refractivity contribution in [3.05, 3.63) is 47.3 Å². The fourth-order valence-electron chi connectivity index (χ4n) is 2.68. The minimum absolute atomic E-state index is 0.0472. The third kappa shape index (κ3) is 3.88. The number of nitrogens with zero attached hydrogens (tertiary/aromatic N) is 3. The summed E-state index contributed by atoms with van der Waals surface area (Å²) in [6.45, 7) is 6.84. The summed E-state index contributed by atoms with van der Waals surface area (Å²) in [5, 5.41) is 7.05. The number of amides is 2. The van der Waals surface area contributed by atoms with Crippen molar-refractivity contribution in [3.8, 4) is 0 Å². The van der Waals surface area contributed by atoms with Crippen LogP contribution in [0.4, 0.5) is 5.69 Å². The van der Waals surface area contributed by atoms with E-state index in [0.717, 1.165) is 5.56 Å². The molecule has 0 unspecified atom stereocenters. The first-order valence-corrected chi connectivity index (χ1v) is 8.41. The Morgan fingerprint density at radius 3 is 2.68 bits per heavy atom. The Balaban J connectivity index is 1.76. The number of nitrogens with one attached hydrogen (secondary N) is 1. The van der Waals surface area contributed by atoms with Crippen LogP contribution in [0.1, 0.15) is 33.3 Å². The molecule has 1 aromatic carbocycles. The second-order valence-electron chi connectivity index (χ2n) is 5.95. The van der Waals surface area contributed by atoms with Crippen molar-refractivity contribution >= 4 is 17.5 Å². The van der Waals surface area contributed by atoms with Gasteiger partial charge in [-0.25, -0.2) is 0 Å². The highest BCUT2D eigenvalue weighted by molar-refractivity contribution is 6.04. The van der Waals surface area contributed by atoms with Crippen LogP contribution in [0.15, 0.2) is 30.5 Å². The molecule has 2 heterocycles. The zero-order chi connectivity index (χ0) is 17.8. The van der Waals surface area contributed by atoms with Crippen molar-refractivity contribution in [2.24, 2.45) is 0 Å².